The number of rotatable bonds is 4. The van der Waals surface area contributed by atoms with Gasteiger partial charge in [-0.15, -0.1) is 0 Å². The van der Waals surface area contributed by atoms with Crippen LogP contribution in [0.4, 0.5) is 0 Å². The normalized spacial score (nSPS) is 14.3. The highest BCUT2D eigenvalue weighted by atomic mass is 35.5. The van der Waals surface area contributed by atoms with Gasteiger partial charge in [0.2, 0.25) is 0 Å². The Hall–Kier alpha value is -2.72. The Morgan fingerprint density at radius 2 is 2.11 bits per heavy atom. The third kappa shape index (κ3) is 3.71. The van der Waals surface area contributed by atoms with E-state index in [0.29, 0.717) is 23.9 Å². The van der Waals surface area contributed by atoms with E-state index in [0.717, 1.165) is 17.5 Å². The largest absolute Gasteiger partial charge is 0.484 e. The maximum Gasteiger partial charge on any atom is 0.260 e. The lowest BCUT2D eigenvalue weighted by molar-refractivity contribution is -0.132. The molecule has 0 fully saturated rings. The van der Waals surface area contributed by atoms with Gasteiger partial charge in [0.05, 0.1) is 0 Å². The van der Waals surface area contributed by atoms with E-state index >= 15 is 0 Å². The Morgan fingerprint density at radius 1 is 1.26 bits per heavy atom. The molecule has 1 aliphatic heterocycles. The SMILES string of the molecule is Cc1cc(OCC(=O)N2CC=C(c3c[nH]c4ccccc34)CC2)ccc1Cl. The number of hydrogen-bond acceptors (Lipinski definition) is 2. The molecule has 0 bridgehead atoms. The number of para-hydroxylation sites is 1. The summed E-state index contributed by atoms with van der Waals surface area (Å²) in [4.78, 5) is 17.6. The molecule has 4 rings (SSSR count). The van der Waals surface area contributed by atoms with Crippen LogP contribution >= 0.6 is 11.6 Å². The van der Waals surface area contributed by atoms with Gasteiger partial charge < -0.3 is 14.6 Å². The number of H-pyrrole nitrogens is 1. The number of aromatic nitrogens is 1. The van der Waals surface area contributed by atoms with Crippen LogP contribution in [0.15, 0.2) is 54.7 Å². The Morgan fingerprint density at radius 3 is 2.89 bits per heavy atom. The van der Waals surface area contributed by atoms with Crippen LogP contribution in [0, 0.1) is 6.92 Å². The summed E-state index contributed by atoms with van der Waals surface area (Å²) in [5, 5.41) is 1.92. The summed E-state index contributed by atoms with van der Waals surface area (Å²) >= 11 is 6.02. The molecule has 2 heterocycles. The molecular formula is C22H21ClN2O2. The van der Waals surface area contributed by atoms with Crippen LogP contribution in [-0.2, 0) is 4.79 Å². The van der Waals surface area contributed by atoms with Crippen molar-refractivity contribution in [3.05, 3.63) is 70.9 Å². The monoisotopic (exact) mass is 380 g/mol. The molecule has 1 aromatic heterocycles. The van der Waals surface area contributed by atoms with Gasteiger partial charge in [0.25, 0.3) is 5.91 Å². The smallest absolute Gasteiger partial charge is 0.260 e. The molecule has 0 spiro atoms. The molecule has 2 aromatic carbocycles. The van der Waals surface area contributed by atoms with Gasteiger partial charge in [0.1, 0.15) is 5.75 Å². The van der Waals surface area contributed by atoms with Crippen molar-refractivity contribution in [1.82, 2.24) is 9.88 Å². The Labute approximate surface area is 163 Å². The zero-order valence-electron chi connectivity index (χ0n) is 15.2. The minimum absolute atomic E-state index is 0.00294. The number of halogens is 1. The van der Waals surface area contributed by atoms with E-state index in [9.17, 15) is 4.79 Å². The number of carbonyl (C=O) groups excluding carboxylic acids is 1. The molecule has 138 valence electrons. The number of aryl methyl sites for hydroxylation is 1. The maximum absolute atomic E-state index is 12.5. The van der Waals surface area contributed by atoms with E-state index in [2.05, 4.69) is 35.5 Å². The van der Waals surface area contributed by atoms with Crippen LogP contribution in [0.3, 0.4) is 0 Å². The van der Waals surface area contributed by atoms with Crippen LogP contribution < -0.4 is 4.74 Å². The molecule has 5 heteroatoms. The fourth-order valence-corrected chi connectivity index (χ4v) is 3.54. The number of nitrogens with one attached hydrogen (secondary N) is 1. The molecule has 27 heavy (non-hydrogen) atoms. The molecule has 0 radical (unpaired) electrons. The first-order valence-corrected chi connectivity index (χ1v) is 9.42. The molecule has 1 aliphatic rings. The third-order valence-electron chi connectivity index (χ3n) is 4.99. The third-order valence-corrected chi connectivity index (χ3v) is 5.41. The van der Waals surface area contributed by atoms with Crippen molar-refractivity contribution in [2.45, 2.75) is 13.3 Å². The first kappa shape index (κ1) is 17.7. The molecule has 0 aliphatic carbocycles. The van der Waals surface area contributed by atoms with Crippen molar-refractivity contribution in [1.29, 1.82) is 0 Å². The van der Waals surface area contributed by atoms with Crippen LogP contribution in [-0.4, -0.2) is 35.5 Å². The molecule has 1 amide bonds. The molecule has 0 atom stereocenters. The minimum Gasteiger partial charge on any atom is -0.484 e. The van der Waals surface area contributed by atoms with E-state index < -0.39 is 0 Å². The number of benzene rings is 2. The Bertz CT molecular complexity index is 1020. The molecule has 1 N–H and O–H groups in total. The zero-order valence-corrected chi connectivity index (χ0v) is 15.9. The number of hydrogen-bond donors (Lipinski definition) is 1. The molecule has 0 saturated heterocycles. The first-order chi connectivity index (χ1) is 13.1. The number of aromatic amines is 1. The lowest BCUT2D eigenvalue weighted by atomic mass is 9.99. The van der Waals surface area contributed by atoms with Crippen molar-refractivity contribution < 1.29 is 9.53 Å². The summed E-state index contributed by atoms with van der Waals surface area (Å²) < 4.78 is 5.64. The fraction of sp³-hybridized carbons (Fsp3) is 0.227. The van der Waals surface area contributed by atoms with Crippen molar-refractivity contribution in [3.63, 3.8) is 0 Å². The van der Waals surface area contributed by atoms with Gasteiger partial charge >= 0.3 is 0 Å². The van der Waals surface area contributed by atoms with Crippen molar-refractivity contribution in [2.75, 3.05) is 19.7 Å². The van der Waals surface area contributed by atoms with Crippen molar-refractivity contribution in [3.8, 4) is 5.75 Å². The minimum atomic E-state index is -0.00294. The highest BCUT2D eigenvalue weighted by molar-refractivity contribution is 6.31. The first-order valence-electron chi connectivity index (χ1n) is 9.04. The second-order valence-electron chi connectivity index (χ2n) is 6.77. The van der Waals surface area contributed by atoms with Crippen LogP contribution in [0.5, 0.6) is 5.75 Å². The summed E-state index contributed by atoms with van der Waals surface area (Å²) in [6.45, 7) is 3.26. The van der Waals surface area contributed by atoms with Crippen LogP contribution in [0.1, 0.15) is 17.5 Å². The van der Waals surface area contributed by atoms with Gasteiger partial charge in [-0.3, -0.25) is 4.79 Å². The van der Waals surface area contributed by atoms with Gasteiger partial charge in [-0.1, -0.05) is 35.9 Å². The number of nitrogens with zero attached hydrogens (tertiary/aromatic N) is 1. The van der Waals surface area contributed by atoms with E-state index in [1.54, 1.807) is 12.1 Å². The van der Waals surface area contributed by atoms with E-state index in [1.807, 2.05) is 24.0 Å². The fourth-order valence-electron chi connectivity index (χ4n) is 3.42. The van der Waals surface area contributed by atoms with Gasteiger partial charge in [-0.25, -0.2) is 0 Å². The highest BCUT2D eigenvalue weighted by Crippen LogP contribution is 2.29. The average Bonchev–Trinajstić information content (AvgIpc) is 3.13. The van der Waals surface area contributed by atoms with Gasteiger partial charge in [0, 0.05) is 40.8 Å². The summed E-state index contributed by atoms with van der Waals surface area (Å²) in [6, 6.07) is 13.7. The standard InChI is InChI=1S/C22H21ClN2O2/c1-15-12-17(6-7-20(15)23)27-14-22(26)25-10-8-16(9-11-25)19-13-24-21-5-3-2-4-18(19)21/h2-8,12-13,24H,9-11,14H2,1H3. The Kier molecular flexibility index (Phi) is 4.90. The molecule has 0 saturated carbocycles. The topological polar surface area (TPSA) is 45.3 Å². The van der Waals surface area contributed by atoms with E-state index in [1.165, 1.54) is 16.5 Å². The lowest BCUT2D eigenvalue weighted by Gasteiger charge is -2.26. The summed E-state index contributed by atoms with van der Waals surface area (Å²) in [5.41, 5.74) is 4.58. The maximum atomic E-state index is 12.5. The van der Waals surface area contributed by atoms with Crippen molar-refractivity contribution >= 4 is 34.0 Å². The summed E-state index contributed by atoms with van der Waals surface area (Å²) in [6.07, 6.45) is 5.04. The van der Waals surface area contributed by atoms with Crippen molar-refractivity contribution in [2.24, 2.45) is 0 Å². The summed E-state index contributed by atoms with van der Waals surface area (Å²) in [7, 11) is 0. The van der Waals surface area contributed by atoms with Gasteiger partial charge in [-0.05, 0) is 48.7 Å². The molecule has 4 nitrogen and oxygen atoms in total. The molecule has 3 aromatic rings. The molecule has 0 unspecified atom stereocenters. The quantitative estimate of drug-likeness (QED) is 0.705. The second-order valence-corrected chi connectivity index (χ2v) is 7.17. The highest BCUT2D eigenvalue weighted by Gasteiger charge is 2.19. The summed E-state index contributed by atoms with van der Waals surface area (Å²) in [5.74, 6) is 0.661. The zero-order chi connectivity index (χ0) is 18.8. The predicted octanol–water partition coefficient (Wildman–Crippen LogP) is 4.82. The predicted molar refractivity (Wildman–Crippen MR) is 109 cm³/mol. The Balaban J connectivity index is 1.39. The number of carbonyl (C=O) groups is 1. The lowest BCUT2D eigenvalue weighted by Crippen LogP contribution is -2.37. The van der Waals surface area contributed by atoms with Gasteiger partial charge in [-0.2, -0.15) is 0 Å². The van der Waals surface area contributed by atoms with Crippen LogP contribution in [0.25, 0.3) is 16.5 Å². The number of fused-ring (bicyclic) bond motifs is 1. The van der Waals surface area contributed by atoms with E-state index in [-0.39, 0.29) is 12.5 Å². The van der Waals surface area contributed by atoms with Gasteiger partial charge in [0.15, 0.2) is 6.61 Å². The average molecular weight is 381 g/mol. The van der Waals surface area contributed by atoms with Crippen LogP contribution in [0.2, 0.25) is 5.02 Å². The number of ether oxygens (including phenoxy) is 1. The van der Waals surface area contributed by atoms with E-state index in [4.69, 9.17) is 16.3 Å². The molecular weight excluding hydrogens is 360 g/mol. The number of amides is 1. The second kappa shape index (κ2) is 7.49.